The molecular formula is C17H18O3S. The van der Waals surface area contributed by atoms with Crippen molar-refractivity contribution >= 4 is 16.8 Å². The first kappa shape index (κ1) is 15.4. The number of rotatable bonds is 5. The third-order valence-electron chi connectivity index (χ3n) is 3.22. The molecule has 1 unspecified atom stereocenters. The molecule has 3 nitrogen and oxygen atoms in total. The summed E-state index contributed by atoms with van der Waals surface area (Å²) in [7, 11) is 0.247. The smallest absolute Gasteiger partial charge is 0.309 e. The number of benzene rings is 2. The third kappa shape index (κ3) is 4.26. The summed E-state index contributed by atoms with van der Waals surface area (Å²) in [5.74, 6) is 0.111. The molecule has 2 aromatic rings. The van der Waals surface area contributed by atoms with Crippen molar-refractivity contribution in [2.45, 2.75) is 24.0 Å². The van der Waals surface area contributed by atoms with Crippen LogP contribution in [0.1, 0.15) is 16.7 Å². The van der Waals surface area contributed by atoms with Gasteiger partial charge in [0.2, 0.25) is 0 Å². The molecule has 0 aromatic heterocycles. The van der Waals surface area contributed by atoms with Crippen molar-refractivity contribution < 1.29 is 13.7 Å². The van der Waals surface area contributed by atoms with E-state index in [1.165, 1.54) is 7.11 Å². The third-order valence-corrected chi connectivity index (χ3v) is 4.57. The maximum atomic E-state index is 12.5. The van der Waals surface area contributed by atoms with Gasteiger partial charge in [-0.1, -0.05) is 36.4 Å². The molecule has 4 heteroatoms. The molecule has 1 atom stereocenters. The SMILES string of the molecule is COC(=O)Cc1ccccc1CS(=O)c1cccc(C)c1. The minimum atomic E-state index is -1.12. The van der Waals surface area contributed by atoms with E-state index in [2.05, 4.69) is 0 Å². The number of hydrogen-bond donors (Lipinski definition) is 0. The lowest BCUT2D eigenvalue weighted by Crippen LogP contribution is -2.08. The molecule has 0 amide bonds. The van der Waals surface area contributed by atoms with Gasteiger partial charge >= 0.3 is 5.97 Å². The molecule has 0 bridgehead atoms. The highest BCUT2D eigenvalue weighted by molar-refractivity contribution is 7.84. The van der Waals surface area contributed by atoms with Crippen molar-refractivity contribution in [1.82, 2.24) is 0 Å². The lowest BCUT2D eigenvalue weighted by atomic mass is 10.1. The summed E-state index contributed by atoms with van der Waals surface area (Å²) < 4.78 is 17.2. The predicted molar refractivity (Wildman–Crippen MR) is 83.5 cm³/mol. The van der Waals surface area contributed by atoms with Gasteiger partial charge in [0, 0.05) is 4.90 Å². The van der Waals surface area contributed by atoms with Crippen LogP contribution in [-0.4, -0.2) is 17.3 Å². The summed E-state index contributed by atoms with van der Waals surface area (Å²) in [5, 5.41) is 0. The van der Waals surface area contributed by atoms with Crippen LogP contribution in [-0.2, 0) is 32.5 Å². The summed E-state index contributed by atoms with van der Waals surface area (Å²) in [6.45, 7) is 1.98. The normalized spacial score (nSPS) is 11.9. The summed E-state index contributed by atoms with van der Waals surface area (Å²) >= 11 is 0. The van der Waals surface area contributed by atoms with Crippen LogP contribution in [0, 0.1) is 6.92 Å². The first-order valence-electron chi connectivity index (χ1n) is 6.69. The van der Waals surface area contributed by atoms with Crippen LogP contribution >= 0.6 is 0 Å². The average Bonchev–Trinajstić information content (AvgIpc) is 2.49. The van der Waals surface area contributed by atoms with Crippen LogP contribution in [0.15, 0.2) is 53.4 Å². The average molecular weight is 302 g/mol. The van der Waals surface area contributed by atoms with Crippen molar-refractivity contribution in [3.63, 3.8) is 0 Å². The summed E-state index contributed by atoms with van der Waals surface area (Å²) in [4.78, 5) is 12.2. The van der Waals surface area contributed by atoms with Crippen LogP contribution < -0.4 is 0 Å². The molecule has 21 heavy (non-hydrogen) atoms. The lowest BCUT2D eigenvalue weighted by Gasteiger charge is -2.09. The Balaban J connectivity index is 2.19. The molecule has 0 aliphatic heterocycles. The Morgan fingerprint density at radius 1 is 1.10 bits per heavy atom. The molecule has 0 saturated carbocycles. The van der Waals surface area contributed by atoms with E-state index < -0.39 is 10.8 Å². The molecule has 0 saturated heterocycles. The first-order chi connectivity index (χ1) is 10.1. The highest BCUT2D eigenvalue weighted by Gasteiger charge is 2.11. The molecule has 0 N–H and O–H groups in total. The molecule has 2 aromatic carbocycles. The summed E-state index contributed by atoms with van der Waals surface area (Å²) in [6.07, 6.45) is 0.206. The Hall–Kier alpha value is -1.94. The lowest BCUT2D eigenvalue weighted by molar-refractivity contribution is -0.139. The second-order valence-electron chi connectivity index (χ2n) is 4.83. The van der Waals surface area contributed by atoms with Crippen molar-refractivity contribution in [1.29, 1.82) is 0 Å². The summed E-state index contributed by atoms with van der Waals surface area (Å²) in [5.41, 5.74) is 2.87. The van der Waals surface area contributed by atoms with Gasteiger partial charge in [0.25, 0.3) is 0 Å². The van der Waals surface area contributed by atoms with E-state index in [1.807, 2.05) is 55.5 Å². The second-order valence-corrected chi connectivity index (χ2v) is 6.28. The first-order valence-corrected chi connectivity index (χ1v) is 8.00. The molecule has 0 spiro atoms. The zero-order valence-corrected chi connectivity index (χ0v) is 13.0. The Bertz CT molecular complexity index is 665. The number of methoxy groups -OCH3 is 1. The highest BCUT2D eigenvalue weighted by Crippen LogP contribution is 2.17. The van der Waals surface area contributed by atoms with E-state index in [4.69, 9.17) is 4.74 Å². The van der Waals surface area contributed by atoms with Gasteiger partial charge in [-0.15, -0.1) is 0 Å². The van der Waals surface area contributed by atoms with Crippen LogP contribution in [0.2, 0.25) is 0 Å². The largest absolute Gasteiger partial charge is 0.469 e. The van der Waals surface area contributed by atoms with Gasteiger partial charge in [-0.05, 0) is 35.7 Å². The minimum absolute atomic E-state index is 0.206. The maximum absolute atomic E-state index is 12.5. The molecule has 0 fully saturated rings. The van der Waals surface area contributed by atoms with Crippen LogP contribution in [0.3, 0.4) is 0 Å². The van der Waals surface area contributed by atoms with Crippen molar-refractivity contribution in [3.05, 3.63) is 65.2 Å². The van der Waals surface area contributed by atoms with Crippen molar-refractivity contribution in [2.75, 3.05) is 7.11 Å². The topological polar surface area (TPSA) is 43.4 Å². The van der Waals surface area contributed by atoms with E-state index in [1.54, 1.807) is 0 Å². The fraction of sp³-hybridized carbons (Fsp3) is 0.235. The standard InChI is InChI=1S/C17H18O3S/c1-13-6-5-9-16(10-13)21(19)12-15-8-4-3-7-14(15)11-17(18)20-2/h3-10H,11-12H2,1-2H3. The van der Waals surface area contributed by atoms with Crippen molar-refractivity contribution in [3.8, 4) is 0 Å². The van der Waals surface area contributed by atoms with Crippen LogP contribution in [0.5, 0.6) is 0 Å². The van der Waals surface area contributed by atoms with Gasteiger partial charge in [-0.25, -0.2) is 0 Å². The molecule has 110 valence electrons. The van der Waals surface area contributed by atoms with E-state index in [9.17, 15) is 9.00 Å². The Labute approximate surface area is 127 Å². The van der Waals surface area contributed by atoms with Crippen LogP contribution in [0.4, 0.5) is 0 Å². The van der Waals surface area contributed by atoms with E-state index in [0.29, 0.717) is 5.75 Å². The monoisotopic (exact) mass is 302 g/mol. The zero-order valence-electron chi connectivity index (χ0n) is 12.2. The molecule has 0 aliphatic carbocycles. The van der Waals surface area contributed by atoms with E-state index in [0.717, 1.165) is 21.6 Å². The Morgan fingerprint density at radius 3 is 2.48 bits per heavy atom. The molecule has 0 heterocycles. The fourth-order valence-corrected chi connectivity index (χ4v) is 3.36. The predicted octanol–water partition coefficient (Wildman–Crippen LogP) is 3.02. The van der Waals surface area contributed by atoms with Gasteiger partial charge in [0.15, 0.2) is 0 Å². The van der Waals surface area contributed by atoms with Gasteiger partial charge < -0.3 is 4.74 Å². The number of esters is 1. The number of aryl methyl sites for hydroxylation is 1. The molecule has 0 radical (unpaired) electrons. The number of ether oxygens (including phenoxy) is 1. The van der Waals surface area contributed by atoms with Crippen molar-refractivity contribution in [2.24, 2.45) is 0 Å². The van der Waals surface area contributed by atoms with Gasteiger partial charge in [0.1, 0.15) is 0 Å². The number of carbonyl (C=O) groups is 1. The van der Waals surface area contributed by atoms with E-state index >= 15 is 0 Å². The zero-order chi connectivity index (χ0) is 15.2. The van der Waals surface area contributed by atoms with Crippen LogP contribution in [0.25, 0.3) is 0 Å². The van der Waals surface area contributed by atoms with Gasteiger partial charge in [-0.3, -0.25) is 9.00 Å². The highest BCUT2D eigenvalue weighted by atomic mass is 32.2. The number of hydrogen-bond acceptors (Lipinski definition) is 3. The molecule has 0 aliphatic rings. The number of carbonyl (C=O) groups excluding carboxylic acids is 1. The quantitative estimate of drug-likeness (QED) is 0.797. The van der Waals surface area contributed by atoms with Gasteiger partial charge in [-0.2, -0.15) is 0 Å². The molecule has 2 rings (SSSR count). The molecular weight excluding hydrogens is 284 g/mol. The Kier molecular flexibility index (Phi) is 5.28. The maximum Gasteiger partial charge on any atom is 0.309 e. The van der Waals surface area contributed by atoms with Gasteiger partial charge in [0.05, 0.1) is 30.1 Å². The van der Waals surface area contributed by atoms with E-state index in [-0.39, 0.29) is 12.4 Å². The minimum Gasteiger partial charge on any atom is -0.469 e. The fourth-order valence-electron chi connectivity index (χ4n) is 2.08. The Morgan fingerprint density at radius 2 is 1.81 bits per heavy atom. The second kappa shape index (κ2) is 7.18. The summed E-state index contributed by atoms with van der Waals surface area (Å²) in [6, 6.07) is 15.2.